The molecule has 0 unspecified atom stereocenters. The molecular formula is C18H14ClN5O5S2. The smallest absolute Gasteiger partial charge is 0.282 e. The molecule has 0 saturated carbocycles. The van der Waals surface area contributed by atoms with Gasteiger partial charge in [0.2, 0.25) is 11.0 Å². The van der Waals surface area contributed by atoms with Crippen LogP contribution in [-0.2, 0) is 4.79 Å². The van der Waals surface area contributed by atoms with Crippen LogP contribution in [0.1, 0.15) is 10.4 Å². The molecule has 0 aliphatic heterocycles. The van der Waals surface area contributed by atoms with Gasteiger partial charge in [-0.15, -0.1) is 10.2 Å². The van der Waals surface area contributed by atoms with E-state index >= 15 is 0 Å². The van der Waals surface area contributed by atoms with Gasteiger partial charge >= 0.3 is 0 Å². The molecule has 2 aromatic carbocycles. The molecule has 13 heteroatoms. The largest absolute Gasteiger partial charge is 0.495 e. The second-order valence-corrected chi connectivity index (χ2v) is 8.42. The van der Waals surface area contributed by atoms with Crippen LogP contribution < -0.4 is 15.4 Å². The SMILES string of the molecule is COc1ccc(Cl)cc1NC(=O)CSc1nnc(NC(=O)c2ccccc2[N+](=O)[O-])s1. The molecule has 2 amide bonds. The minimum atomic E-state index is -0.675. The maximum Gasteiger partial charge on any atom is 0.282 e. The normalized spacial score (nSPS) is 10.4. The molecule has 0 radical (unpaired) electrons. The van der Waals surface area contributed by atoms with Crippen LogP contribution in [0.3, 0.4) is 0 Å². The number of anilines is 2. The lowest BCUT2D eigenvalue weighted by atomic mass is 10.1. The van der Waals surface area contributed by atoms with E-state index in [-0.39, 0.29) is 28.0 Å². The molecule has 3 rings (SSSR count). The van der Waals surface area contributed by atoms with Gasteiger partial charge in [0, 0.05) is 11.1 Å². The Morgan fingerprint density at radius 2 is 2.00 bits per heavy atom. The Bertz CT molecular complexity index is 1140. The third-order valence-corrected chi connectivity index (χ3v) is 5.94. The minimum absolute atomic E-state index is 0.0302. The highest BCUT2D eigenvalue weighted by Gasteiger charge is 2.20. The number of carbonyl (C=O) groups is 2. The average Bonchev–Trinajstić information content (AvgIpc) is 3.19. The maximum absolute atomic E-state index is 12.3. The number of aromatic nitrogens is 2. The topological polar surface area (TPSA) is 136 Å². The van der Waals surface area contributed by atoms with Gasteiger partial charge in [0.1, 0.15) is 11.3 Å². The predicted molar refractivity (Wildman–Crippen MR) is 118 cm³/mol. The Morgan fingerprint density at radius 1 is 1.23 bits per heavy atom. The summed E-state index contributed by atoms with van der Waals surface area (Å²) in [6, 6.07) is 10.4. The number of amides is 2. The zero-order chi connectivity index (χ0) is 22.4. The molecule has 31 heavy (non-hydrogen) atoms. The molecule has 3 aromatic rings. The van der Waals surface area contributed by atoms with Crippen molar-refractivity contribution < 1.29 is 19.2 Å². The number of nitro benzene ring substituents is 1. The predicted octanol–water partition coefficient (Wildman–Crippen LogP) is 4.09. The third-order valence-electron chi connectivity index (χ3n) is 3.73. The molecule has 2 N–H and O–H groups in total. The van der Waals surface area contributed by atoms with E-state index in [1.807, 2.05) is 0 Å². The Balaban J connectivity index is 1.58. The first-order valence-corrected chi connectivity index (χ1v) is 10.7. The number of methoxy groups -OCH3 is 1. The minimum Gasteiger partial charge on any atom is -0.495 e. The number of rotatable bonds is 8. The number of thioether (sulfide) groups is 1. The standard InChI is InChI=1S/C18H14ClN5O5S2/c1-29-14-7-6-10(19)8-12(14)20-15(25)9-30-18-23-22-17(31-18)21-16(26)11-4-2-3-5-13(11)24(27)28/h2-8H,9H2,1H3,(H,20,25)(H,21,22,26). The Hall–Kier alpha value is -3.22. The second-order valence-electron chi connectivity index (χ2n) is 5.78. The van der Waals surface area contributed by atoms with Crippen molar-refractivity contribution >= 4 is 63.0 Å². The molecule has 0 spiro atoms. The fourth-order valence-electron chi connectivity index (χ4n) is 2.40. The lowest BCUT2D eigenvalue weighted by Gasteiger charge is -2.09. The van der Waals surface area contributed by atoms with Gasteiger partial charge in [-0.25, -0.2) is 0 Å². The van der Waals surface area contributed by atoms with E-state index < -0.39 is 10.8 Å². The molecule has 0 saturated heterocycles. The number of hydrogen-bond acceptors (Lipinski definition) is 9. The Morgan fingerprint density at radius 3 is 2.74 bits per heavy atom. The molecule has 0 atom stereocenters. The fourth-order valence-corrected chi connectivity index (χ4v) is 4.12. The van der Waals surface area contributed by atoms with Crippen molar-refractivity contribution in [2.75, 3.05) is 23.5 Å². The number of carbonyl (C=O) groups excluding carboxylic acids is 2. The fraction of sp³-hybridized carbons (Fsp3) is 0.111. The van der Waals surface area contributed by atoms with Gasteiger partial charge in [0.05, 0.1) is 23.5 Å². The van der Waals surface area contributed by atoms with Crippen molar-refractivity contribution in [3.05, 3.63) is 63.2 Å². The van der Waals surface area contributed by atoms with Crippen LogP contribution in [0.4, 0.5) is 16.5 Å². The second kappa shape index (κ2) is 10.2. The average molecular weight is 480 g/mol. The van der Waals surface area contributed by atoms with E-state index in [1.54, 1.807) is 18.2 Å². The summed E-state index contributed by atoms with van der Waals surface area (Å²) >= 11 is 8.10. The van der Waals surface area contributed by atoms with Crippen molar-refractivity contribution in [2.24, 2.45) is 0 Å². The number of nitro groups is 1. The molecular weight excluding hydrogens is 466 g/mol. The zero-order valence-corrected chi connectivity index (χ0v) is 18.2. The summed E-state index contributed by atoms with van der Waals surface area (Å²) in [5, 5.41) is 24.6. The van der Waals surface area contributed by atoms with E-state index in [1.165, 1.54) is 31.4 Å². The van der Waals surface area contributed by atoms with E-state index in [2.05, 4.69) is 20.8 Å². The summed E-state index contributed by atoms with van der Waals surface area (Å²) in [6.45, 7) is 0. The van der Waals surface area contributed by atoms with Crippen LogP contribution in [0.5, 0.6) is 5.75 Å². The molecule has 0 bridgehead atoms. The monoisotopic (exact) mass is 479 g/mol. The van der Waals surface area contributed by atoms with Gasteiger partial charge in [-0.1, -0.05) is 46.8 Å². The van der Waals surface area contributed by atoms with Crippen LogP contribution in [-0.4, -0.2) is 39.8 Å². The molecule has 10 nitrogen and oxygen atoms in total. The van der Waals surface area contributed by atoms with Crippen LogP contribution >= 0.6 is 34.7 Å². The molecule has 1 aromatic heterocycles. The number of nitrogens with zero attached hydrogens (tertiary/aromatic N) is 3. The quantitative estimate of drug-likeness (QED) is 0.213. The highest BCUT2D eigenvalue weighted by molar-refractivity contribution is 8.01. The number of benzene rings is 2. The Kier molecular flexibility index (Phi) is 7.39. The molecule has 0 aliphatic carbocycles. The summed E-state index contributed by atoms with van der Waals surface area (Å²) in [5.74, 6) is -0.488. The number of hydrogen-bond donors (Lipinski definition) is 2. The summed E-state index contributed by atoms with van der Waals surface area (Å²) in [7, 11) is 1.48. The Labute approximate surface area is 189 Å². The van der Waals surface area contributed by atoms with Crippen LogP contribution in [0.25, 0.3) is 0 Å². The van der Waals surface area contributed by atoms with Crippen molar-refractivity contribution in [1.82, 2.24) is 10.2 Å². The number of para-hydroxylation sites is 1. The van der Waals surface area contributed by atoms with Crippen LogP contribution in [0.15, 0.2) is 46.8 Å². The molecule has 0 aliphatic rings. The van der Waals surface area contributed by atoms with Crippen molar-refractivity contribution in [3.8, 4) is 5.75 Å². The number of halogens is 1. The zero-order valence-electron chi connectivity index (χ0n) is 15.8. The third kappa shape index (κ3) is 5.90. The first-order chi connectivity index (χ1) is 14.9. The molecule has 0 fully saturated rings. The lowest BCUT2D eigenvalue weighted by molar-refractivity contribution is -0.385. The van der Waals surface area contributed by atoms with Crippen molar-refractivity contribution in [1.29, 1.82) is 0 Å². The van der Waals surface area contributed by atoms with E-state index in [4.69, 9.17) is 16.3 Å². The van der Waals surface area contributed by atoms with E-state index in [0.717, 1.165) is 23.1 Å². The highest BCUT2D eigenvalue weighted by Crippen LogP contribution is 2.29. The van der Waals surface area contributed by atoms with Crippen molar-refractivity contribution in [2.45, 2.75) is 4.34 Å². The van der Waals surface area contributed by atoms with Gasteiger partial charge in [0.15, 0.2) is 4.34 Å². The van der Waals surface area contributed by atoms with Gasteiger partial charge in [0.25, 0.3) is 11.6 Å². The van der Waals surface area contributed by atoms with Gasteiger partial charge < -0.3 is 10.1 Å². The van der Waals surface area contributed by atoms with E-state index in [0.29, 0.717) is 20.8 Å². The molecule has 160 valence electrons. The first kappa shape index (κ1) is 22.5. The van der Waals surface area contributed by atoms with Crippen LogP contribution in [0.2, 0.25) is 5.02 Å². The highest BCUT2D eigenvalue weighted by atomic mass is 35.5. The summed E-state index contributed by atoms with van der Waals surface area (Å²) in [5.41, 5.74) is 0.0363. The number of ether oxygens (including phenoxy) is 1. The van der Waals surface area contributed by atoms with Gasteiger partial charge in [-0.2, -0.15) is 0 Å². The molecule has 1 heterocycles. The first-order valence-electron chi connectivity index (χ1n) is 8.52. The number of nitrogens with one attached hydrogen (secondary N) is 2. The maximum atomic E-state index is 12.3. The summed E-state index contributed by atoms with van der Waals surface area (Å²) < 4.78 is 5.62. The van der Waals surface area contributed by atoms with E-state index in [9.17, 15) is 19.7 Å². The van der Waals surface area contributed by atoms with Gasteiger partial charge in [-0.3, -0.25) is 25.0 Å². The summed E-state index contributed by atoms with van der Waals surface area (Å²) in [4.78, 5) is 35.0. The summed E-state index contributed by atoms with van der Waals surface area (Å²) in [6.07, 6.45) is 0. The lowest BCUT2D eigenvalue weighted by Crippen LogP contribution is -2.14. The van der Waals surface area contributed by atoms with Crippen LogP contribution in [0, 0.1) is 10.1 Å². The van der Waals surface area contributed by atoms with Gasteiger partial charge in [-0.05, 0) is 24.3 Å². The van der Waals surface area contributed by atoms with Crippen molar-refractivity contribution in [3.63, 3.8) is 0 Å².